The topological polar surface area (TPSA) is 58.6 Å². The van der Waals surface area contributed by atoms with E-state index >= 15 is 0 Å². The quantitative estimate of drug-likeness (QED) is 0.784. The fourth-order valence-corrected chi connectivity index (χ4v) is 3.55. The largest absolute Gasteiger partial charge is 0.447 e. The van der Waals surface area contributed by atoms with Gasteiger partial charge in [-0.1, -0.05) is 23.7 Å². The van der Waals surface area contributed by atoms with Crippen LogP contribution < -0.4 is 9.80 Å². The molecule has 1 saturated heterocycles. The van der Waals surface area contributed by atoms with E-state index in [-0.39, 0.29) is 6.09 Å². The van der Waals surface area contributed by atoms with E-state index < -0.39 is 0 Å². The van der Waals surface area contributed by atoms with E-state index in [4.69, 9.17) is 16.3 Å². The molecule has 1 aromatic heterocycles. The Hall–Kier alpha value is -2.34. The zero-order valence-electron chi connectivity index (χ0n) is 13.3. The van der Waals surface area contributed by atoms with Gasteiger partial charge in [-0.25, -0.2) is 14.8 Å². The van der Waals surface area contributed by atoms with Gasteiger partial charge in [0.15, 0.2) is 0 Å². The molecule has 1 amide bonds. The second-order valence-corrected chi connectivity index (χ2v) is 6.34. The standard InChI is InChI=1S/C17H17ClN4O2/c1-11-19-15(18)9-16(20-11)21-6-5-13-12(10-21)3-2-4-14(13)22-7-8-24-17(22)23/h2-4,9H,5-8,10H2,1H3. The summed E-state index contributed by atoms with van der Waals surface area (Å²) in [5, 5.41) is 0.455. The summed E-state index contributed by atoms with van der Waals surface area (Å²) in [7, 11) is 0. The number of benzene rings is 1. The number of rotatable bonds is 2. The molecule has 0 saturated carbocycles. The molecule has 7 heteroatoms. The number of aryl methyl sites for hydroxylation is 1. The van der Waals surface area contributed by atoms with Crippen LogP contribution in [0.25, 0.3) is 0 Å². The van der Waals surface area contributed by atoms with E-state index in [0.29, 0.717) is 24.1 Å². The third-order valence-corrected chi connectivity index (χ3v) is 4.60. The maximum atomic E-state index is 11.9. The Labute approximate surface area is 145 Å². The number of fused-ring (bicyclic) bond motifs is 1. The SMILES string of the molecule is Cc1nc(Cl)cc(N2CCc3c(cccc3N3CCOC3=O)C2)n1. The normalized spacial score (nSPS) is 17.0. The summed E-state index contributed by atoms with van der Waals surface area (Å²) >= 11 is 6.06. The van der Waals surface area contributed by atoms with Gasteiger partial charge in [-0.3, -0.25) is 4.90 Å². The van der Waals surface area contributed by atoms with Crippen molar-refractivity contribution in [3.63, 3.8) is 0 Å². The Morgan fingerprint density at radius 1 is 1.25 bits per heavy atom. The van der Waals surface area contributed by atoms with Gasteiger partial charge in [0.05, 0.1) is 12.2 Å². The summed E-state index contributed by atoms with van der Waals surface area (Å²) in [6.07, 6.45) is 0.583. The van der Waals surface area contributed by atoms with Crippen molar-refractivity contribution >= 4 is 29.2 Å². The number of ether oxygens (including phenoxy) is 1. The Kier molecular flexibility index (Phi) is 3.76. The van der Waals surface area contributed by atoms with Crippen molar-refractivity contribution < 1.29 is 9.53 Å². The molecule has 0 atom stereocenters. The zero-order chi connectivity index (χ0) is 16.7. The Balaban J connectivity index is 1.65. The third kappa shape index (κ3) is 2.67. The van der Waals surface area contributed by atoms with Crippen LogP contribution in [0.15, 0.2) is 24.3 Å². The minimum absolute atomic E-state index is 0.260. The lowest BCUT2D eigenvalue weighted by molar-refractivity contribution is 0.181. The molecule has 4 rings (SSSR count). The van der Waals surface area contributed by atoms with Gasteiger partial charge in [0.1, 0.15) is 23.4 Å². The molecular weight excluding hydrogens is 328 g/mol. The maximum Gasteiger partial charge on any atom is 0.414 e. The molecule has 1 aromatic carbocycles. The van der Waals surface area contributed by atoms with Crippen molar-refractivity contribution in [3.8, 4) is 0 Å². The van der Waals surface area contributed by atoms with Crippen molar-refractivity contribution in [2.75, 3.05) is 29.5 Å². The fraction of sp³-hybridized carbons (Fsp3) is 0.353. The van der Waals surface area contributed by atoms with E-state index in [2.05, 4.69) is 20.9 Å². The van der Waals surface area contributed by atoms with Gasteiger partial charge < -0.3 is 9.64 Å². The Morgan fingerprint density at radius 2 is 2.12 bits per heavy atom. The minimum Gasteiger partial charge on any atom is -0.447 e. The maximum absolute atomic E-state index is 11.9. The molecular formula is C17H17ClN4O2. The highest BCUT2D eigenvalue weighted by atomic mass is 35.5. The highest BCUT2D eigenvalue weighted by Gasteiger charge is 2.28. The first-order chi connectivity index (χ1) is 11.6. The molecule has 2 aliphatic rings. The van der Waals surface area contributed by atoms with Crippen LogP contribution in [-0.2, 0) is 17.7 Å². The molecule has 1 fully saturated rings. The summed E-state index contributed by atoms with van der Waals surface area (Å²) in [5.74, 6) is 1.50. The van der Waals surface area contributed by atoms with Crippen LogP contribution in [0.2, 0.25) is 5.15 Å². The summed E-state index contributed by atoms with van der Waals surface area (Å²) in [5.41, 5.74) is 3.38. The lowest BCUT2D eigenvalue weighted by atomic mass is 9.97. The number of amides is 1. The number of anilines is 2. The van der Waals surface area contributed by atoms with Crippen molar-refractivity contribution in [3.05, 3.63) is 46.4 Å². The number of hydrogen-bond acceptors (Lipinski definition) is 5. The number of nitrogens with zero attached hydrogens (tertiary/aromatic N) is 4. The van der Waals surface area contributed by atoms with Gasteiger partial charge in [-0.2, -0.15) is 0 Å². The summed E-state index contributed by atoms with van der Waals surface area (Å²) in [6.45, 7) is 4.45. The van der Waals surface area contributed by atoms with E-state index in [9.17, 15) is 4.79 Å². The first-order valence-corrected chi connectivity index (χ1v) is 8.31. The second kappa shape index (κ2) is 5.94. The summed E-state index contributed by atoms with van der Waals surface area (Å²) in [4.78, 5) is 24.4. The van der Waals surface area contributed by atoms with Gasteiger partial charge >= 0.3 is 6.09 Å². The van der Waals surface area contributed by atoms with Crippen LogP contribution in [0, 0.1) is 6.92 Å². The van der Waals surface area contributed by atoms with Crippen LogP contribution in [0.3, 0.4) is 0 Å². The van der Waals surface area contributed by atoms with Gasteiger partial charge in [-0.15, -0.1) is 0 Å². The zero-order valence-corrected chi connectivity index (χ0v) is 14.1. The fourth-order valence-electron chi connectivity index (χ4n) is 3.33. The number of aromatic nitrogens is 2. The lowest BCUT2D eigenvalue weighted by Crippen LogP contribution is -2.33. The first kappa shape index (κ1) is 15.2. The van der Waals surface area contributed by atoms with Crippen LogP contribution in [0.5, 0.6) is 0 Å². The number of hydrogen-bond donors (Lipinski definition) is 0. The summed E-state index contributed by atoms with van der Waals surface area (Å²) < 4.78 is 5.07. The smallest absolute Gasteiger partial charge is 0.414 e. The van der Waals surface area contributed by atoms with Crippen LogP contribution in [-0.4, -0.2) is 35.8 Å². The predicted octanol–water partition coefficient (Wildman–Crippen LogP) is 2.96. The molecule has 2 aliphatic heterocycles. The van der Waals surface area contributed by atoms with E-state index in [1.807, 2.05) is 19.1 Å². The third-order valence-electron chi connectivity index (χ3n) is 4.41. The van der Waals surface area contributed by atoms with Crippen LogP contribution in [0.1, 0.15) is 17.0 Å². The number of halogens is 1. The second-order valence-electron chi connectivity index (χ2n) is 5.95. The van der Waals surface area contributed by atoms with Crippen molar-refractivity contribution in [2.24, 2.45) is 0 Å². The Bertz CT molecular complexity index is 791. The molecule has 0 bridgehead atoms. The van der Waals surface area contributed by atoms with Crippen LogP contribution >= 0.6 is 11.6 Å². The molecule has 3 heterocycles. The lowest BCUT2D eigenvalue weighted by Gasteiger charge is -2.32. The van der Waals surface area contributed by atoms with Gasteiger partial charge in [0.25, 0.3) is 0 Å². The molecule has 24 heavy (non-hydrogen) atoms. The number of carbonyl (C=O) groups is 1. The monoisotopic (exact) mass is 344 g/mol. The minimum atomic E-state index is -0.260. The van der Waals surface area contributed by atoms with Gasteiger partial charge in [0, 0.05) is 19.2 Å². The van der Waals surface area contributed by atoms with Crippen molar-refractivity contribution in [1.29, 1.82) is 0 Å². The average Bonchev–Trinajstić information content (AvgIpc) is 2.99. The molecule has 6 nitrogen and oxygen atoms in total. The molecule has 0 unspecified atom stereocenters. The predicted molar refractivity (Wildman–Crippen MR) is 91.7 cm³/mol. The van der Waals surface area contributed by atoms with Crippen molar-refractivity contribution in [1.82, 2.24) is 9.97 Å². The first-order valence-electron chi connectivity index (χ1n) is 7.93. The highest BCUT2D eigenvalue weighted by molar-refractivity contribution is 6.29. The molecule has 124 valence electrons. The molecule has 0 radical (unpaired) electrons. The van der Waals surface area contributed by atoms with Gasteiger partial charge in [0.2, 0.25) is 0 Å². The molecule has 2 aromatic rings. The number of cyclic esters (lactones) is 1. The molecule has 0 N–H and O–H groups in total. The van der Waals surface area contributed by atoms with Gasteiger partial charge in [-0.05, 0) is 30.5 Å². The molecule has 0 aliphatic carbocycles. The number of carbonyl (C=O) groups excluding carboxylic acids is 1. The van der Waals surface area contributed by atoms with Crippen molar-refractivity contribution in [2.45, 2.75) is 19.9 Å². The van der Waals surface area contributed by atoms with E-state index in [0.717, 1.165) is 31.0 Å². The van der Waals surface area contributed by atoms with E-state index in [1.165, 1.54) is 11.1 Å². The van der Waals surface area contributed by atoms with Crippen LogP contribution in [0.4, 0.5) is 16.3 Å². The summed E-state index contributed by atoms with van der Waals surface area (Å²) in [6, 6.07) is 7.87. The highest BCUT2D eigenvalue weighted by Crippen LogP contribution is 2.32. The average molecular weight is 345 g/mol. The Morgan fingerprint density at radius 3 is 2.88 bits per heavy atom. The molecule has 0 spiro atoms. The van der Waals surface area contributed by atoms with E-state index in [1.54, 1.807) is 11.0 Å².